The number of benzene rings is 1. The second-order valence-electron chi connectivity index (χ2n) is 6.30. The van der Waals surface area contributed by atoms with Crippen molar-refractivity contribution in [3.05, 3.63) is 48.0 Å². The van der Waals surface area contributed by atoms with Gasteiger partial charge in [-0.25, -0.2) is 14.4 Å². The molecule has 0 radical (unpaired) electrons. The summed E-state index contributed by atoms with van der Waals surface area (Å²) in [5, 5.41) is 8.44. The topological polar surface area (TPSA) is 64.9 Å². The highest BCUT2D eigenvalue weighted by molar-refractivity contribution is 5.72. The van der Waals surface area contributed by atoms with Crippen LogP contribution in [0.4, 0.5) is 4.39 Å². The van der Waals surface area contributed by atoms with E-state index >= 15 is 0 Å². The number of halogens is 1. The van der Waals surface area contributed by atoms with Crippen molar-refractivity contribution in [2.24, 2.45) is 0 Å². The Bertz CT molecular complexity index is 864. The molecule has 6 nitrogen and oxygen atoms in total. The maximum atomic E-state index is 14.1. The summed E-state index contributed by atoms with van der Waals surface area (Å²) < 4.78 is 21.1. The van der Waals surface area contributed by atoms with Gasteiger partial charge in [0.15, 0.2) is 5.65 Å². The van der Waals surface area contributed by atoms with Crippen molar-refractivity contribution in [2.75, 3.05) is 20.2 Å². The van der Waals surface area contributed by atoms with Crippen LogP contribution < -0.4 is 10.1 Å². The van der Waals surface area contributed by atoms with Gasteiger partial charge in [-0.15, -0.1) is 0 Å². The van der Waals surface area contributed by atoms with Gasteiger partial charge in [0.05, 0.1) is 25.0 Å². The zero-order chi connectivity index (χ0) is 17.2. The number of rotatable bonds is 4. The summed E-state index contributed by atoms with van der Waals surface area (Å²) in [4.78, 5) is 8.88. The second kappa shape index (κ2) is 6.76. The van der Waals surface area contributed by atoms with Crippen molar-refractivity contribution in [2.45, 2.75) is 25.1 Å². The molecule has 0 amide bonds. The van der Waals surface area contributed by atoms with E-state index in [-0.39, 0.29) is 5.92 Å². The van der Waals surface area contributed by atoms with Gasteiger partial charge in [0.2, 0.25) is 0 Å². The molecule has 3 aromatic rings. The molecule has 1 saturated heterocycles. The number of nitrogens with one attached hydrogen (secondary N) is 1. The first-order valence-corrected chi connectivity index (χ1v) is 8.41. The molecule has 1 aliphatic heterocycles. The smallest absolute Gasteiger partial charge is 0.184 e. The van der Waals surface area contributed by atoms with Crippen molar-refractivity contribution in [1.82, 2.24) is 25.1 Å². The first-order valence-electron chi connectivity index (χ1n) is 8.41. The summed E-state index contributed by atoms with van der Waals surface area (Å²) in [7, 11) is 1.65. The number of methoxy groups -OCH3 is 1. The quantitative estimate of drug-likeness (QED) is 0.789. The third-order valence-electron chi connectivity index (χ3n) is 4.57. The highest BCUT2D eigenvalue weighted by atomic mass is 19.1. The van der Waals surface area contributed by atoms with Crippen LogP contribution in [0.1, 0.15) is 23.7 Å². The molecule has 1 N–H and O–H groups in total. The lowest BCUT2D eigenvalue weighted by Crippen LogP contribution is -2.37. The average Bonchev–Trinajstić information content (AvgIpc) is 3.04. The Morgan fingerprint density at radius 2 is 2.16 bits per heavy atom. The molecule has 2 atom stereocenters. The summed E-state index contributed by atoms with van der Waals surface area (Å²) in [5.74, 6) is 1.13. The van der Waals surface area contributed by atoms with E-state index in [0.29, 0.717) is 31.0 Å². The molecule has 25 heavy (non-hydrogen) atoms. The van der Waals surface area contributed by atoms with E-state index in [2.05, 4.69) is 20.4 Å². The molecule has 0 aliphatic carbocycles. The number of ether oxygens (including phenoxy) is 1. The van der Waals surface area contributed by atoms with E-state index in [0.717, 1.165) is 23.2 Å². The fourth-order valence-corrected chi connectivity index (χ4v) is 3.17. The minimum Gasteiger partial charge on any atom is -0.497 e. The molecule has 7 heteroatoms. The molecule has 0 spiro atoms. The fourth-order valence-electron chi connectivity index (χ4n) is 3.17. The molecule has 2 aromatic heterocycles. The zero-order valence-corrected chi connectivity index (χ0v) is 14.0. The number of hydrogen-bond acceptors (Lipinski definition) is 5. The third-order valence-corrected chi connectivity index (χ3v) is 4.57. The molecule has 1 aliphatic rings. The van der Waals surface area contributed by atoms with E-state index in [9.17, 15) is 4.39 Å². The lowest BCUT2D eigenvalue weighted by Gasteiger charge is -2.25. The van der Waals surface area contributed by atoms with Crippen molar-refractivity contribution in [1.29, 1.82) is 0 Å². The van der Waals surface area contributed by atoms with Gasteiger partial charge in [0.25, 0.3) is 0 Å². The van der Waals surface area contributed by atoms with Gasteiger partial charge in [-0.3, -0.25) is 4.68 Å². The Morgan fingerprint density at radius 1 is 1.32 bits per heavy atom. The van der Waals surface area contributed by atoms with Crippen LogP contribution in [0.15, 0.2) is 36.7 Å². The largest absolute Gasteiger partial charge is 0.497 e. The highest BCUT2D eigenvalue weighted by Gasteiger charge is 2.28. The Kier molecular flexibility index (Phi) is 4.31. The molecule has 130 valence electrons. The van der Waals surface area contributed by atoms with Crippen LogP contribution in [0.25, 0.3) is 11.0 Å². The van der Waals surface area contributed by atoms with Gasteiger partial charge in [0.1, 0.15) is 17.7 Å². The Hall–Kier alpha value is -2.54. The van der Waals surface area contributed by atoms with Crippen molar-refractivity contribution in [3.8, 4) is 5.75 Å². The SMILES string of the molecule is COc1ccc(Cn2cc3cnc([C@H]4CCNC[C@H]4F)nc3n2)cc1. The molecule has 0 saturated carbocycles. The lowest BCUT2D eigenvalue weighted by atomic mass is 9.95. The number of hydrogen-bond donors (Lipinski definition) is 1. The molecule has 0 unspecified atom stereocenters. The van der Waals surface area contributed by atoms with Gasteiger partial charge in [-0.1, -0.05) is 12.1 Å². The molecule has 0 bridgehead atoms. The number of alkyl halides is 1. The molecule has 1 fully saturated rings. The number of aromatic nitrogens is 4. The van der Waals surface area contributed by atoms with Crippen LogP contribution in [0, 0.1) is 0 Å². The predicted octanol–water partition coefficient (Wildman–Crippen LogP) is 2.30. The van der Waals surface area contributed by atoms with Crippen LogP contribution in [0.5, 0.6) is 5.75 Å². The first kappa shape index (κ1) is 16.0. The van der Waals surface area contributed by atoms with Gasteiger partial charge in [0, 0.05) is 18.9 Å². The maximum Gasteiger partial charge on any atom is 0.184 e. The summed E-state index contributed by atoms with van der Waals surface area (Å²) in [6.45, 7) is 1.78. The molecule has 1 aromatic carbocycles. The Morgan fingerprint density at radius 3 is 2.92 bits per heavy atom. The van der Waals surface area contributed by atoms with Crippen LogP contribution in [0.3, 0.4) is 0 Å². The Balaban J connectivity index is 1.57. The van der Waals surface area contributed by atoms with Crippen LogP contribution >= 0.6 is 0 Å². The zero-order valence-electron chi connectivity index (χ0n) is 14.0. The molecular formula is C18H20FN5O. The number of nitrogens with zero attached hydrogens (tertiary/aromatic N) is 4. The maximum absolute atomic E-state index is 14.1. The first-order chi connectivity index (χ1) is 12.2. The summed E-state index contributed by atoms with van der Waals surface area (Å²) in [6, 6.07) is 7.86. The standard InChI is InChI=1S/C18H20FN5O/c1-25-14-4-2-12(3-5-14)10-24-11-13-8-21-18(22-17(13)23-24)15-6-7-20-9-16(15)19/h2-5,8,11,15-16,20H,6-7,9-10H2,1H3/t15-,16+/m0/s1. The predicted molar refractivity (Wildman–Crippen MR) is 92.5 cm³/mol. The fraction of sp³-hybridized carbons (Fsp3) is 0.389. The van der Waals surface area contributed by atoms with E-state index in [1.165, 1.54) is 0 Å². The number of piperidine rings is 1. The van der Waals surface area contributed by atoms with Gasteiger partial charge >= 0.3 is 0 Å². The van der Waals surface area contributed by atoms with E-state index in [4.69, 9.17) is 4.74 Å². The Labute approximate surface area is 145 Å². The normalized spacial score (nSPS) is 20.7. The summed E-state index contributed by atoms with van der Waals surface area (Å²) >= 11 is 0. The van der Waals surface area contributed by atoms with Gasteiger partial charge < -0.3 is 10.1 Å². The lowest BCUT2D eigenvalue weighted by molar-refractivity contribution is 0.225. The minimum absolute atomic E-state index is 0.252. The van der Waals surface area contributed by atoms with Gasteiger partial charge in [-0.05, 0) is 30.7 Å². The van der Waals surface area contributed by atoms with Crippen LogP contribution in [-0.2, 0) is 6.54 Å². The molecule has 4 rings (SSSR count). The van der Waals surface area contributed by atoms with Gasteiger partial charge in [-0.2, -0.15) is 5.10 Å². The molecule has 3 heterocycles. The second-order valence-corrected chi connectivity index (χ2v) is 6.30. The summed E-state index contributed by atoms with van der Waals surface area (Å²) in [5.41, 5.74) is 1.73. The van der Waals surface area contributed by atoms with Crippen molar-refractivity contribution >= 4 is 11.0 Å². The van der Waals surface area contributed by atoms with E-state index < -0.39 is 6.17 Å². The van der Waals surface area contributed by atoms with E-state index in [1.54, 1.807) is 13.3 Å². The van der Waals surface area contributed by atoms with Crippen LogP contribution in [-0.4, -0.2) is 46.1 Å². The monoisotopic (exact) mass is 341 g/mol. The highest BCUT2D eigenvalue weighted by Crippen LogP contribution is 2.26. The van der Waals surface area contributed by atoms with Crippen molar-refractivity contribution < 1.29 is 9.13 Å². The number of fused-ring (bicyclic) bond motifs is 1. The van der Waals surface area contributed by atoms with E-state index in [1.807, 2.05) is 35.1 Å². The van der Waals surface area contributed by atoms with Crippen molar-refractivity contribution in [3.63, 3.8) is 0 Å². The minimum atomic E-state index is -0.951. The third kappa shape index (κ3) is 3.32. The molecular weight excluding hydrogens is 321 g/mol. The van der Waals surface area contributed by atoms with Crippen LogP contribution in [0.2, 0.25) is 0 Å². The average molecular weight is 341 g/mol. The summed E-state index contributed by atoms with van der Waals surface area (Å²) in [6.07, 6.45) is 3.41.